The summed E-state index contributed by atoms with van der Waals surface area (Å²) in [5.74, 6) is 1.02. The molecule has 4 rings (SSSR count). The molecule has 3 aromatic rings. The van der Waals surface area contributed by atoms with E-state index in [1.807, 2.05) is 59.1 Å². The van der Waals surface area contributed by atoms with Crippen LogP contribution in [0.5, 0.6) is 0 Å². The first-order chi connectivity index (χ1) is 16.3. The fraction of sp³-hybridized carbons (Fsp3) is 0.500. The lowest BCUT2D eigenvalue weighted by molar-refractivity contribution is 0.354. The monoisotopic (exact) mass is 466 g/mol. The predicted octanol–water partition coefficient (Wildman–Crippen LogP) is 4.35. The number of pyridine rings is 1. The van der Waals surface area contributed by atoms with Crippen molar-refractivity contribution in [2.45, 2.75) is 65.1 Å². The number of benzene rings is 1. The van der Waals surface area contributed by atoms with Crippen LogP contribution in [0.4, 0.5) is 10.1 Å². The highest BCUT2D eigenvalue weighted by molar-refractivity contribution is 5.79. The first kappa shape index (κ1) is 24.3. The molecule has 7 nitrogen and oxygen atoms in total. The Morgan fingerprint density at radius 1 is 1.18 bits per heavy atom. The summed E-state index contributed by atoms with van der Waals surface area (Å²) >= 11 is 0. The number of nitrogens with zero attached hydrogens (tertiary/aromatic N) is 4. The second-order valence-electron chi connectivity index (χ2n) is 10.0. The van der Waals surface area contributed by atoms with Crippen molar-refractivity contribution < 1.29 is 8.91 Å². The van der Waals surface area contributed by atoms with Gasteiger partial charge in [-0.15, -0.1) is 0 Å². The van der Waals surface area contributed by atoms with Crippen LogP contribution in [0.1, 0.15) is 56.5 Å². The van der Waals surface area contributed by atoms with Crippen molar-refractivity contribution in [1.82, 2.24) is 25.8 Å². The maximum atomic E-state index is 15.6. The van der Waals surface area contributed by atoms with Crippen LogP contribution in [0.15, 0.2) is 35.1 Å². The van der Waals surface area contributed by atoms with Crippen LogP contribution < -0.4 is 15.5 Å². The molecule has 0 aliphatic carbocycles. The lowest BCUT2D eigenvalue weighted by Crippen LogP contribution is -2.44. The Morgan fingerprint density at radius 3 is 2.74 bits per heavy atom. The Morgan fingerprint density at radius 2 is 2.00 bits per heavy atom. The number of anilines is 1. The first-order valence-corrected chi connectivity index (χ1v) is 12.0. The maximum absolute atomic E-state index is 15.6. The van der Waals surface area contributed by atoms with Gasteiger partial charge in [-0.3, -0.25) is 4.98 Å². The summed E-state index contributed by atoms with van der Waals surface area (Å²) < 4.78 is 20.9. The average molecular weight is 467 g/mol. The summed E-state index contributed by atoms with van der Waals surface area (Å²) in [6.45, 7) is 10.7. The molecule has 2 aromatic heterocycles. The molecule has 1 aliphatic heterocycles. The lowest BCUT2D eigenvalue weighted by Gasteiger charge is -2.35. The molecule has 2 N–H and O–H groups in total. The van der Waals surface area contributed by atoms with Crippen molar-refractivity contribution >= 4 is 5.69 Å². The van der Waals surface area contributed by atoms with Gasteiger partial charge < -0.3 is 20.1 Å². The Kier molecular flexibility index (Phi) is 7.28. The minimum atomic E-state index is -0.193. The molecular weight excluding hydrogens is 431 g/mol. The van der Waals surface area contributed by atoms with Gasteiger partial charge in [0.1, 0.15) is 5.82 Å². The molecule has 0 bridgehead atoms. The van der Waals surface area contributed by atoms with Crippen molar-refractivity contribution in [3.05, 3.63) is 59.3 Å². The minimum Gasteiger partial charge on any atom is -0.368 e. The summed E-state index contributed by atoms with van der Waals surface area (Å²) in [7, 11) is 2.00. The molecule has 8 heteroatoms. The number of aromatic nitrogens is 3. The second kappa shape index (κ2) is 10.2. The number of likely N-dealkylation sites (N-methyl/N-ethyl adjacent to an activating group) is 1. The molecule has 1 saturated heterocycles. The smallest absolute Gasteiger partial charge is 0.240 e. The largest absolute Gasteiger partial charge is 0.368 e. The van der Waals surface area contributed by atoms with E-state index < -0.39 is 0 Å². The van der Waals surface area contributed by atoms with Crippen molar-refractivity contribution in [1.29, 1.82) is 0 Å². The van der Waals surface area contributed by atoms with E-state index in [4.69, 9.17) is 4.52 Å². The number of piperidine rings is 1. The molecule has 182 valence electrons. The van der Waals surface area contributed by atoms with Gasteiger partial charge in [-0.05, 0) is 44.0 Å². The molecule has 34 heavy (non-hydrogen) atoms. The van der Waals surface area contributed by atoms with Crippen LogP contribution in [0.2, 0.25) is 0 Å². The third kappa shape index (κ3) is 5.28. The van der Waals surface area contributed by atoms with E-state index in [0.717, 1.165) is 42.7 Å². The Balaban J connectivity index is 1.50. The van der Waals surface area contributed by atoms with Gasteiger partial charge in [0.25, 0.3) is 0 Å². The third-order valence-electron chi connectivity index (χ3n) is 6.49. The molecule has 0 amide bonds. The minimum absolute atomic E-state index is 0.161. The fourth-order valence-corrected chi connectivity index (χ4v) is 4.36. The molecule has 1 fully saturated rings. The van der Waals surface area contributed by atoms with Crippen LogP contribution in [-0.2, 0) is 18.5 Å². The van der Waals surface area contributed by atoms with Crippen molar-refractivity contribution in [3.63, 3.8) is 0 Å². The maximum Gasteiger partial charge on any atom is 0.240 e. The lowest BCUT2D eigenvalue weighted by atomic mass is 9.96. The van der Waals surface area contributed by atoms with Crippen molar-refractivity contribution in [3.8, 4) is 11.1 Å². The van der Waals surface area contributed by atoms with E-state index >= 15 is 4.39 Å². The van der Waals surface area contributed by atoms with Gasteiger partial charge in [-0.1, -0.05) is 38.1 Å². The van der Waals surface area contributed by atoms with Crippen molar-refractivity contribution in [2.24, 2.45) is 0 Å². The van der Waals surface area contributed by atoms with Gasteiger partial charge in [0.15, 0.2) is 5.82 Å². The SMILES string of the molecule is CNC1CCCN(c2cnccc2-c2ccc(CNCc3nc(C(C)(C)C)no3)c(C)c2F)C1. The number of nitrogens with one attached hydrogen (secondary N) is 2. The number of hydrogen-bond donors (Lipinski definition) is 2. The van der Waals surface area contributed by atoms with E-state index in [1.165, 1.54) is 0 Å². The van der Waals surface area contributed by atoms with Crippen LogP contribution in [0.25, 0.3) is 11.1 Å². The van der Waals surface area contributed by atoms with Gasteiger partial charge in [-0.25, -0.2) is 4.39 Å². The topological polar surface area (TPSA) is 79.1 Å². The quantitative estimate of drug-likeness (QED) is 0.536. The van der Waals surface area contributed by atoms with Gasteiger partial charge in [-0.2, -0.15) is 4.98 Å². The Labute approximate surface area is 201 Å². The number of hydrogen-bond acceptors (Lipinski definition) is 7. The van der Waals surface area contributed by atoms with Gasteiger partial charge >= 0.3 is 0 Å². The highest BCUT2D eigenvalue weighted by Crippen LogP contribution is 2.35. The highest BCUT2D eigenvalue weighted by Gasteiger charge is 2.23. The molecule has 1 aromatic carbocycles. The Bertz CT molecular complexity index is 1120. The van der Waals surface area contributed by atoms with Crippen molar-refractivity contribution in [2.75, 3.05) is 25.0 Å². The van der Waals surface area contributed by atoms with Crippen LogP contribution in [0, 0.1) is 12.7 Å². The van der Waals surface area contributed by atoms with E-state index in [1.54, 1.807) is 6.20 Å². The summed E-state index contributed by atoms with van der Waals surface area (Å²) in [6, 6.07) is 6.21. The van der Waals surface area contributed by atoms with Gasteiger partial charge in [0, 0.05) is 48.4 Å². The van der Waals surface area contributed by atoms with Gasteiger partial charge in [0.2, 0.25) is 5.89 Å². The third-order valence-corrected chi connectivity index (χ3v) is 6.49. The number of rotatable bonds is 7. The molecule has 1 atom stereocenters. The van der Waals surface area contributed by atoms with E-state index in [9.17, 15) is 0 Å². The molecule has 3 heterocycles. The summed E-state index contributed by atoms with van der Waals surface area (Å²) in [6.07, 6.45) is 5.84. The average Bonchev–Trinajstić information content (AvgIpc) is 3.32. The zero-order valence-electron chi connectivity index (χ0n) is 20.8. The zero-order chi connectivity index (χ0) is 24.3. The molecule has 0 saturated carbocycles. The fourth-order valence-electron chi connectivity index (χ4n) is 4.36. The predicted molar refractivity (Wildman–Crippen MR) is 132 cm³/mol. The Hall–Kier alpha value is -2.84. The number of halogens is 1. The molecule has 0 spiro atoms. The second-order valence-corrected chi connectivity index (χ2v) is 10.0. The normalized spacial score (nSPS) is 16.8. The zero-order valence-corrected chi connectivity index (χ0v) is 20.8. The standard InChI is InChI=1S/C26H35FN6O/c1-17-18(13-30-15-23-31-25(32-34-23)26(2,3)4)8-9-21(24(17)27)20-10-11-29-14-22(20)33-12-6-7-19(16-33)28-5/h8-11,14,19,28,30H,6-7,12-13,15-16H2,1-5H3. The highest BCUT2D eigenvalue weighted by atomic mass is 19.1. The van der Waals surface area contributed by atoms with E-state index in [2.05, 4.69) is 30.7 Å². The molecule has 1 unspecified atom stereocenters. The summed E-state index contributed by atoms with van der Waals surface area (Å²) in [5, 5.41) is 10.7. The van der Waals surface area contributed by atoms with E-state index in [0.29, 0.717) is 42.0 Å². The van der Waals surface area contributed by atoms with Crippen LogP contribution >= 0.6 is 0 Å². The summed E-state index contributed by atoms with van der Waals surface area (Å²) in [4.78, 5) is 11.1. The van der Waals surface area contributed by atoms with Crippen LogP contribution in [-0.4, -0.2) is 41.3 Å². The summed E-state index contributed by atoms with van der Waals surface area (Å²) in [5.41, 5.74) is 3.86. The molecule has 0 radical (unpaired) electrons. The van der Waals surface area contributed by atoms with Gasteiger partial charge in [0.05, 0.1) is 18.4 Å². The molecule has 1 aliphatic rings. The first-order valence-electron chi connectivity index (χ1n) is 12.0. The molecular formula is C26H35FN6O. The van der Waals surface area contributed by atoms with Crippen LogP contribution in [0.3, 0.4) is 0 Å². The van der Waals surface area contributed by atoms with E-state index in [-0.39, 0.29) is 11.2 Å².